The van der Waals surface area contributed by atoms with Gasteiger partial charge in [-0.05, 0) is 38.9 Å². The van der Waals surface area contributed by atoms with Gasteiger partial charge in [0.1, 0.15) is 0 Å². The van der Waals surface area contributed by atoms with E-state index in [9.17, 15) is 0 Å². The van der Waals surface area contributed by atoms with E-state index in [1.807, 2.05) is 18.5 Å². The molecule has 7 aromatic rings. The number of aromatic nitrogens is 5. The molecule has 8 rings (SSSR count). The van der Waals surface area contributed by atoms with E-state index < -0.39 is 0 Å². The molecule has 258 valence electrons. The molecule has 0 atom stereocenters. The molecule has 4 aromatic heterocycles. The average molecular weight is 841 g/mol. The van der Waals surface area contributed by atoms with Crippen LogP contribution in [0.25, 0.3) is 44.3 Å². The zero-order chi connectivity index (χ0) is 35.5. The van der Waals surface area contributed by atoms with Crippen molar-refractivity contribution in [2.45, 2.75) is 78.6 Å². The number of hydrogen-bond donors (Lipinski definition) is 0. The second-order valence-corrected chi connectivity index (χ2v) is 17.4. The van der Waals surface area contributed by atoms with Gasteiger partial charge in [0.05, 0.1) is 0 Å². The number of fused-ring (bicyclic) bond motifs is 6. The Morgan fingerprint density at radius 2 is 1.52 bits per heavy atom. The van der Waals surface area contributed by atoms with Crippen LogP contribution in [0.5, 0.6) is 11.5 Å². The van der Waals surface area contributed by atoms with Crippen molar-refractivity contribution in [2.24, 2.45) is 12.5 Å². The Balaban J connectivity index is 1.34. The van der Waals surface area contributed by atoms with Crippen LogP contribution in [-0.2, 0) is 42.6 Å². The molecular weight excluding hydrogens is 798 g/mol. The molecule has 0 spiro atoms. The minimum absolute atomic E-state index is 0.0145. The number of hydrogen-bond acceptors (Lipinski definition) is 3. The number of aryl methyl sites for hydroxylation is 1. The quantitative estimate of drug-likeness (QED) is 0.166. The van der Waals surface area contributed by atoms with E-state index in [0.29, 0.717) is 11.5 Å². The summed E-state index contributed by atoms with van der Waals surface area (Å²) >= 11 is 2.35. The van der Waals surface area contributed by atoms with Gasteiger partial charge in [-0.3, -0.25) is 0 Å². The summed E-state index contributed by atoms with van der Waals surface area (Å²) in [6, 6.07) is 28.7. The number of rotatable bonds is 4. The van der Waals surface area contributed by atoms with E-state index >= 15 is 0 Å². The molecule has 7 heteroatoms. The topological polar surface area (TPSA) is 49.8 Å². The fraction of sp³-hybridized carbons (Fsp3) is 0.326. The summed E-state index contributed by atoms with van der Waals surface area (Å²) in [4.78, 5) is 9.53. The van der Waals surface area contributed by atoms with Gasteiger partial charge >= 0.3 is 193 Å². The second-order valence-electron chi connectivity index (χ2n) is 16.3. The van der Waals surface area contributed by atoms with Gasteiger partial charge in [-0.15, -0.1) is 0 Å². The van der Waals surface area contributed by atoms with Gasteiger partial charge < -0.3 is 0 Å². The van der Waals surface area contributed by atoms with Crippen LogP contribution in [0.2, 0.25) is 0 Å². The predicted molar refractivity (Wildman–Crippen MR) is 198 cm³/mol. The molecule has 6 nitrogen and oxygen atoms in total. The summed E-state index contributed by atoms with van der Waals surface area (Å²) < 4.78 is 14.2. The number of para-hydroxylation sites is 2. The standard InChI is InChI=1S/C43H43N5O.Pt/c1-40(2,3)27-19-20-45-37(21-27)48-35-18-17-32-39(42(6,7)43(8,9)41(32,4)5)38(35)31-16-15-29(23-36(31)48)49-30-22-28(24-44-25-30)47-26-46(10)33-13-11-12-14-34(33)47;/h11-21,24-25H,1-10H3;/q-2;. The monoisotopic (exact) mass is 840 g/mol. The minimum atomic E-state index is -0.0851. The molecule has 0 radical (unpaired) electrons. The molecular formula is C43H43N5OPt-2. The van der Waals surface area contributed by atoms with Crippen LogP contribution in [0.15, 0.2) is 79.3 Å². The van der Waals surface area contributed by atoms with Gasteiger partial charge in [0.15, 0.2) is 0 Å². The molecule has 1 aliphatic rings. The molecule has 0 bridgehead atoms. The molecule has 0 saturated heterocycles. The maximum absolute atomic E-state index is 6.54. The van der Waals surface area contributed by atoms with Crippen LogP contribution in [-0.4, -0.2) is 23.7 Å². The normalized spacial score (nSPS) is 16.4. The predicted octanol–water partition coefficient (Wildman–Crippen LogP) is 10.2. The summed E-state index contributed by atoms with van der Waals surface area (Å²) in [5.74, 6) is 1.99. The van der Waals surface area contributed by atoms with Crippen molar-refractivity contribution in [3.05, 3.63) is 112 Å². The number of nitrogens with zero attached hydrogens (tertiary/aromatic N) is 5. The summed E-state index contributed by atoms with van der Waals surface area (Å²) in [5, 5.41) is 2.41. The first-order valence-electron chi connectivity index (χ1n) is 17.2. The number of pyridine rings is 2. The molecule has 0 unspecified atom stereocenters. The fourth-order valence-electron chi connectivity index (χ4n) is 8.06. The van der Waals surface area contributed by atoms with Crippen LogP contribution in [0.1, 0.15) is 79.0 Å². The second kappa shape index (κ2) is 10.9. The van der Waals surface area contributed by atoms with Crippen LogP contribution in [0.4, 0.5) is 0 Å². The van der Waals surface area contributed by atoms with E-state index in [1.165, 1.54) is 22.1 Å². The van der Waals surface area contributed by atoms with E-state index in [2.05, 4.69) is 174 Å². The molecule has 0 fully saturated rings. The summed E-state index contributed by atoms with van der Waals surface area (Å²) in [6.45, 7) is 21.2. The first kappa shape index (κ1) is 32.9. The Bertz CT molecular complexity index is 2570. The summed E-state index contributed by atoms with van der Waals surface area (Å²) in [6.07, 6.45) is 5.46. The Labute approximate surface area is 305 Å². The number of ether oxygens (including phenoxy) is 1. The van der Waals surface area contributed by atoms with Crippen molar-refractivity contribution in [2.75, 3.05) is 0 Å². The molecule has 0 saturated carbocycles. The SMILES string of the molecule is Cn1[c](=[Pt])n(-c2[c-]c(Oc3[c-]c4c(cc3)c3c5c(ccc3n4-c3cc(C(C)(C)C)ccn3)C(C)(C)C(C)(C)C5(C)C)cnc2)c2ccccc21. The van der Waals surface area contributed by atoms with Gasteiger partial charge in [-0.1, -0.05) is 68.4 Å². The fourth-order valence-corrected chi connectivity index (χ4v) is 8.88. The molecule has 3 aromatic carbocycles. The third-order valence-corrected chi connectivity index (χ3v) is 13.4. The molecule has 0 aliphatic heterocycles. The average Bonchev–Trinajstić information content (AvgIpc) is 3.57. The molecule has 50 heavy (non-hydrogen) atoms. The van der Waals surface area contributed by atoms with Crippen LogP contribution >= 0.6 is 0 Å². The number of benzene rings is 3. The van der Waals surface area contributed by atoms with Crippen LogP contribution in [0.3, 0.4) is 0 Å². The Morgan fingerprint density at radius 1 is 0.780 bits per heavy atom. The van der Waals surface area contributed by atoms with Crippen LogP contribution < -0.4 is 4.74 Å². The van der Waals surface area contributed by atoms with Crippen molar-refractivity contribution < 1.29 is 24.1 Å². The number of imidazole rings is 1. The van der Waals surface area contributed by atoms with Gasteiger partial charge in [0.2, 0.25) is 0 Å². The van der Waals surface area contributed by atoms with E-state index in [4.69, 9.17) is 9.72 Å². The Kier molecular flexibility index (Phi) is 7.14. The van der Waals surface area contributed by atoms with Crippen molar-refractivity contribution in [3.8, 4) is 23.0 Å². The summed E-state index contributed by atoms with van der Waals surface area (Å²) in [7, 11) is 2.07. The molecule has 0 amide bonds. The van der Waals surface area contributed by atoms with Crippen molar-refractivity contribution in [1.82, 2.24) is 23.7 Å². The third kappa shape index (κ3) is 4.53. The van der Waals surface area contributed by atoms with Gasteiger partial charge in [0, 0.05) is 6.20 Å². The Hall–Kier alpha value is -4.28. The first-order valence-corrected chi connectivity index (χ1v) is 18.4. The summed E-state index contributed by atoms with van der Waals surface area (Å²) in [5.41, 5.74) is 9.04. The van der Waals surface area contributed by atoms with Gasteiger partial charge in [0.25, 0.3) is 0 Å². The molecule has 0 N–H and O–H groups in total. The first-order chi connectivity index (χ1) is 23.5. The Morgan fingerprint density at radius 3 is 2.26 bits per heavy atom. The van der Waals surface area contributed by atoms with Gasteiger partial charge in [-0.25, -0.2) is 0 Å². The van der Waals surface area contributed by atoms with Crippen LogP contribution in [0, 0.1) is 21.4 Å². The van der Waals surface area contributed by atoms with Crippen molar-refractivity contribution in [1.29, 1.82) is 0 Å². The molecule has 4 heterocycles. The zero-order valence-electron chi connectivity index (χ0n) is 30.5. The van der Waals surface area contributed by atoms with E-state index in [-0.39, 0.29) is 21.7 Å². The van der Waals surface area contributed by atoms with Crippen molar-refractivity contribution >= 4 is 32.8 Å². The van der Waals surface area contributed by atoms with E-state index in [1.54, 1.807) is 6.20 Å². The zero-order valence-corrected chi connectivity index (χ0v) is 32.7. The van der Waals surface area contributed by atoms with Crippen molar-refractivity contribution in [3.63, 3.8) is 0 Å². The third-order valence-electron chi connectivity index (χ3n) is 12.1. The van der Waals surface area contributed by atoms with E-state index in [0.717, 1.165) is 42.8 Å². The van der Waals surface area contributed by atoms with Gasteiger partial charge in [-0.2, -0.15) is 0 Å². The molecule has 1 aliphatic carbocycles. The maximum atomic E-state index is 6.54.